The molecule has 0 aliphatic heterocycles. The Bertz CT molecular complexity index is 546. The molecule has 0 amide bonds. The maximum atomic E-state index is 11.3. The molecule has 2 rings (SSSR count). The summed E-state index contributed by atoms with van der Waals surface area (Å²) in [6.07, 6.45) is 11.8. The number of hydrogen-bond acceptors (Lipinski definition) is 6. The topological polar surface area (TPSA) is 79.5 Å². The van der Waals surface area contributed by atoms with Gasteiger partial charge in [0.05, 0.1) is 6.42 Å². The number of carboxylic acid groups (broad SMARTS) is 1. The Kier molecular flexibility index (Phi) is 8.91. The first-order chi connectivity index (χ1) is 12.5. The van der Waals surface area contributed by atoms with Crippen LogP contribution in [0.3, 0.4) is 0 Å². The molecule has 0 spiro atoms. The number of nitrogens with zero attached hydrogens (tertiary/aromatic N) is 3. The van der Waals surface area contributed by atoms with Gasteiger partial charge in [0.15, 0.2) is 5.82 Å². The third-order valence-corrected chi connectivity index (χ3v) is 6.17. The van der Waals surface area contributed by atoms with Crippen molar-refractivity contribution in [3.05, 3.63) is 11.7 Å². The number of hydrogen-bond donors (Lipinski definition) is 1. The Hall–Kier alpha value is -1.08. The van der Waals surface area contributed by atoms with E-state index in [1.165, 1.54) is 38.5 Å². The smallest absolute Gasteiger partial charge is 0.304 e. The van der Waals surface area contributed by atoms with Crippen LogP contribution in [0.1, 0.15) is 88.3 Å². The Morgan fingerprint density at radius 1 is 1.38 bits per heavy atom. The van der Waals surface area contributed by atoms with Crippen LogP contribution in [0.5, 0.6) is 0 Å². The van der Waals surface area contributed by atoms with E-state index in [0.717, 1.165) is 25.3 Å². The van der Waals surface area contributed by atoms with E-state index in [4.69, 9.17) is 4.52 Å². The molecular formula is C19H33N3O3S. The lowest BCUT2D eigenvalue weighted by Gasteiger charge is -2.21. The lowest BCUT2D eigenvalue weighted by atomic mass is 9.84. The second-order valence-electron chi connectivity index (χ2n) is 7.61. The van der Waals surface area contributed by atoms with Crippen LogP contribution >= 0.6 is 11.9 Å². The number of aromatic nitrogens is 2. The van der Waals surface area contributed by atoms with Crippen LogP contribution in [0.4, 0.5) is 0 Å². The predicted molar refractivity (Wildman–Crippen MR) is 104 cm³/mol. The molecule has 148 valence electrons. The van der Waals surface area contributed by atoms with E-state index in [0.29, 0.717) is 11.7 Å². The molecule has 1 aliphatic carbocycles. The summed E-state index contributed by atoms with van der Waals surface area (Å²) in [7, 11) is 2.03. The summed E-state index contributed by atoms with van der Waals surface area (Å²) in [6, 6.07) is 0. The van der Waals surface area contributed by atoms with E-state index in [-0.39, 0.29) is 18.3 Å². The molecule has 1 aromatic rings. The van der Waals surface area contributed by atoms with Crippen molar-refractivity contribution in [2.75, 3.05) is 19.8 Å². The Labute approximate surface area is 161 Å². The van der Waals surface area contributed by atoms with Gasteiger partial charge in [-0.2, -0.15) is 4.98 Å². The molecule has 1 N–H and O–H groups in total. The first-order valence-electron chi connectivity index (χ1n) is 9.80. The van der Waals surface area contributed by atoms with E-state index >= 15 is 0 Å². The van der Waals surface area contributed by atoms with Crippen molar-refractivity contribution in [2.24, 2.45) is 5.92 Å². The summed E-state index contributed by atoms with van der Waals surface area (Å²) in [4.78, 5) is 15.8. The molecule has 1 heterocycles. The van der Waals surface area contributed by atoms with Crippen molar-refractivity contribution >= 4 is 17.9 Å². The molecule has 1 fully saturated rings. The van der Waals surface area contributed by atoms with Crippen LogP contribution in [0.15, 0.2) is 4.52 Å². The fraction of sp³-hybridized carbons (Fsp3) is 0.842. The van der Waals surface area contributed by atoms with Gasteiger partial charge >= 0.3 is 5.97 Å². The number of carbonyl (C=O) groups is 1. The monoisotopic (exact) mass is 383 g/mol. The first kappa shape index (κ1) is 21.2. The third kappa shape index (κ3) is 6.91. The van der Waals surface area contributed by atoms with Crippen LogP contribution in [0, 0.1) is 5.92 Å². The van der Waals surface area contributed by atoms with E-state index in [1.54, 1.807) is 11.9 Å². The molecule has 1 aliphatic rings. The average Bonchev–Trinajstić information content (AvgIpc) is 3.11. The van der Waals surface area contributed by atoms with Gasteiger partial charge in [-0.05, 0) is 25.6 Å². The van der Waals surface area contributed by atoms with E-state index < -0.39 is 5.97 Å². The van der Waals surface area contributed by atoms with Gasteiger partial charge in [0, 0.05) is 18.4 Å². The molecule has 26 heavy (non-hydrogen) atoms. The number of carboxylic acids is 1. The minimum Gasteiger partial charge on any atom is -0.481 e. The molecule has 0 radical (unpaired) electrons. The highest BCUT2D eigenvalue weighted by molar-refractivity contribution is 7.96. The standard InChI is InChI=1S/C19H33N3O3S/c1-14(13-22(2)26-3)18-20-19(25-21-18)16(12-17(23)24)11-7-10-15-8-5-4-6-9-15/h14-16H,4-13H2,1-3H3,(H,23,24). The van der Waals surface area contributed by atoms with Crippen molar-refractivity contribution in [1.29, 1.82) is 0 Å². The van der Waals surface area contributed by atoms with Crippen molar-refractivity contribution < 1.29 is 14.4 Å². The summed E-state index contributed by atoms with van der Waals surface area (Å²) in [5, 5.41) is 13.4. The van der Waals surface area contributed by atoms with Gasteiger partial charge in [-0.25, -0.2) is 0 Å². The minimum absolute atomic E-state index is 0.0609. The van der Waals surface area contributed by atoms with Crippen LogP contribution in [0.2, 0.25) is 0 Å². The van der Waals surface area contributed by atoms with Crippen LogP contribution in [0.25, 0.3) is 0 Å². The molecular weight excluding hydrogens is 350 g/mol. The van der Waals surface area contributed by atoms with E-state index in [9.17, 15) is 9.90 Å². The zero-order valence-corrected chi connectivity index (χ0v) is 17.1. The van der Waals surface area contributed by atoms with Gasteiger partial charge in [-0.1, -0.05) is 69.0 Å². The van der Waals surface area contributed by atoms with Gasteiger partial charge in [0.25, 0.3) is 0 Å². The van der Waals surface area contributed by atoms with Gasteiger partial charge in [-0.3, -0.25) is 9.10 Å². The second-order valence-corrected chi connectivity index (χ2v) is 8.60. The van der Waals surface area contributed by atoms with Crippen LogP contribution in [-0.2, 0) is 4.79 Å². The predicted octanol–water partition coefficient (Wildman–Crippen LogP) is 4.69. The largest absolute Gasteiger partial charge is 0.481 e. The van der Waals surface area contributed by atoms with Crippen molar-refractivity contribution in [1.82, 2.24) is 14.4 Å². The summed E-state index contributed by atoms with van der Waals surface area (Å²) >= 11 is 1.66. The molecule has 2 unspecified atom stereocenters. The first-order valence-corrected chi connectivity index (χ1v) is 11.0. The molecule has 1 saturated carbocycles. The van der Waals surface area contributed by atoms with Gasteiger partial charge in [0.2, 0.25) is 5.89 Å². The quantitative estimate of drug-likeness (QED) is 0.555. The molecule has 0 saturated heterocycles. The zero-order chi connectivity index (χ0) is 18.9. The fourth-order valence-electron chi connectivity index (χ4n) is 3.81. The molecule has 0 bridgehead atoms. The zero-order valence-electron chi connectivity index (χ0n) is 16.3. The number of aliphatic carboxylic acids is 1. The Morgan fingerprint density at radius 3 is 2.77 bits per heavy atom. The maximum Gasteiger partial charge on any atom is 0.304 e. The highest BCUT2D eigenvalue weighted by Crippen LogP contribution is 2.31. The molecule has 1 aromatic heterocycles. The SMILES string of the molecule is CSN(C)CC(C)c1noc(C(CCCC2CCCCC2)CC(=O)O)n1. The van der Waals surface area contributed by atoms with Crippen LogP contribution < -0.4 is 0 Å². The van der Waals surface area contributed by atoms with Crippen LogP contribution in [-0.4, -0.2) is 45.4 Å². The van der Waals surface area contributed by atoms with Crippen molar-refractivity contribution in [2.45, 2.75) is 76.5 Å². The number of rotatable bonds is 11. The highest BCUT2D eigenvalue weighted by atomic mass is 32.2. The molecule has 0 aromatic carbocycles. The highest BCUT2D eigenvalue weighted by Gasteiger charge is 2.24. The van der Waals surface area contributed by atoms with Crippen molar-refractivity contribution in [3.8, 4) is 0 Å². The van der Waals surface area contributed by atoms with Gasteiger partial charge in [-0.15, -0.1) is 0 Å². The average molecular weight is 384 g/mol. The Balaban J connectivity index is 1.91. The Morgan fingerprint density at radius 2 is 2.12 bits per heavy atom. The maximum absolute atomic E-state index is 11.3. The normalized spacial score (nSPS) is 18.2. The lowest BCUT2D eigenvalue weighted by molar-refractivity contribution is -0.137. The van der Waals surface area contributed by atoms with E-state index in [1.807, 2.05) is 13.3 Å². The fourth-order valence-corrected chi connectivity index (χ4v) is 4.18. The minimum atomic E-state index is -0.803. The summed E-state index contributed by atoms with van der Waals surface area (Å²) in [6.45, 7) is 2.89. The third-order valence-electron chi connectivity index (χ3n) is 5.40. The second kappa shape index (κ2) is 10.9. The summed E-state index contributed by atoms with van der Waals surface area (Å²) in [5.41, 5.74) is 0. The van der Waals surface area contributed by atoms with E-state index in [2.05, 4.69) is 21.4 Å². The number of likely N-dealkylation sites (N-methyl/N-ethyl adjacent to an activating group) is 1. The lowest BCUT2D eigenvalue weighted by Crippen LogP contribution is -2.17. The van der Waals surface area contributed by atoms with Gasteiger partial charge in [0.1, 0.15) is 0 Å². The van der Waals surface area contributed by atoms with Gasteiger partial charge < -0.3 is 9.63 Å². The molecule has 2 atom stereocenters. The summed E-state index contributed by atoms with van der Waals surface area (Å²) < 4.78 is 7.58. The summed E-state index contributed by atoms with van der Waals surface area (Å²) in [5.74, 6) is 1.14. The molecule has 7 heteroatoms. The van der Waals surface area contributed by atoms with Crippen molar-refractivity contribution in [3.63, 3.8) is 0 Å². The molecule has 6 nitrogen and oxygen atoms in total.